The Morgan fingerprint density at radius 3 is 3.00 bits per heavy atom. The first-order chi connectivity index (χ1) is 5.86. The predicted octanol–water partition coefficient (Wildman–Crippen LogP) is 0.0144. The third-order valence-corrected chi connectivity index (χ3v) is 1.86. The van der Waals surface area contributed by atoms with E-state index in [1.807, 2.05) is 6.92 Å². The van der Waals surface area contributed by atoms with E-state index >= 15 is 0 Å². The van der Waals surface area contributed by atoms with E-state index < -0.39 is 0 Å². The fraction of sp³-hybridized carbons (Fsp3) is 0.750. The molecule has 1 rings (SSSR count). The van der Waals surface area contributed by atoms with Gasteiger partial charge in [-0.2, -0.15) is 0 Å². The molecule has 0 spiro atoms. The Balaban J connectivity index is 2.36. The summed E-state index contributed by atoms with van der Waals surface area (Å²) >= 11 is 0. The van der Waals surface area contributed by atoms with Crippen molar-refractivity contribution in [3.05, 3.63) is 0 Å². The second-order valence-electron chi connectivity index (χ2n) is 2.77. The molecule has 0 aromatic carbocycles. The third-order valence-electron chi connectivity index (χ3n) is 1.86. The molecule has 4 heteroatoms. The molecule has 0 unspecified atom stereocenters. The molecule has 0 aliphatic carbocycles. The topological polar surface area (TPSA) is 48.8 Å². The fourth-order valence-electron chi connectivity index (χ4n) is 1.24. The van der Waals surface area contributed by atoms with Crippen LogP contribution >= 0.6 is 0 Å². The smallest absolute Gasteiger partial charge is 0.217 e. The summed E-state index contributed by atoms with van der Waals surface area (Å²) < 4.78 is 0. The van der Waals surface area contributed by atoms with Gasteiger partial charge in [0.1, 0.15) is 0 Å². The van der Waals surface area contributed by atoms with Crippen molar-refractivity contribution in [1.29, 1.82) is 0 Å². The van der Waals surface area contributed by atoms with Crippen LogP contribution in [0.3, 0.4) is 0 Å². The highest BCUT2D eigenvalue weighted by Gasteiger charge is 2.14. The first-order valence-electron chi connectivity index (χ1n) is 4.29. The highest BCUT2D eigenvalue weighted by molar-refractivity contribution is 5.87. The number of aliphatic imine (C=N–C) groups is 2. The van der Waals surface area contributed by atoms with Crippen molar-refractivity contribution >= 4 is 12.2 Å². The van der Waals surface area contributed by atoms with Crippen LogP contribution in [0.2, 0.25) is 0 Å². The number of hydrogen-bond donors (Lipinski definition) is 2. The number of nitrogens with zero attached hydrogens (tertiary/aromatic N) is 2. The van der Waals surface area contributed by atoms with Crippen molar-refractivity contribution in [3.63, 3.8) is 0 Å². The molecule has 1 fully saturated rings. The molecule has 0 aromatic rings. The molecular formula is C8H16N4. The summed E-state index contributed by atoms with van der Waals surface area (Å²) in [5.74, 6) is 0.728. The summed E-state index contributed by atoms with van der Waals surface area (Å²) in [6.07, 6.45) is 2.90. The number of nitrogens with one attached hydrogen (secondary N) is 2. The first kappa shape index (κ1) is 9.19. The van der Waals surface area contributed by atoms with E-state index in [0.29, 0.717) is 6.04 Å². The Hall–Kier alpha value is -0.900. The molecule has 0 bridgehead atoms. The second kappa shape index (κ2) is 4.87. The van der Waals surface area contributed by atoms with Gasteiger partial charge in [-0.25, -0.2) is 4.99 Å². The fourth-order valence-corrected chi connectivity index (χ4v) is 1.24. The van der Waals surface area contributed by atoms with Crippen LogP contribution in [-0.4, -0.2) is 38.4 Å². The van der Waals surface area contributed by atoms with E-state index in [2.05, 4.69) is 20.6 Å². The van der Waals surface area contributed by atoms with Gasteiger partial charge in [-0.3, -0.25) is 4.99 Å². The molecule has 68 valence electrons. The molecule has 0 aromatic heterocycles. The third kappa shape index (κ3) is 2.62. The lowest BCUT2D eigenvalue weighted by atomic mass is 10.3. The van der Waals surface area contributed by atoms with Crippen LogP contribution in [0.1, 0.15) is 13.3 Å². The quantitative estimate of drug-likeness (QED) is 0.428. The highest BCUT2D eigenvalue weighted by Crippen LogP contribution is 1.96. The van der Waals surface area contributed by atoms with Crippen LogP contribution in [0.15, 0.2) is 9.98 Å². The van der Waals surface area contributed by atoms with E-state index in [4.69, 9.17) is 0 Å². The van der Waals surface area contributed by atoms with Crippen LogP contribution in [0.4, 0.5) is 0 Å². The summed E-state index contributed by atoms with van der Waals surface area (Å²) in [4.78, 5) is 8.11. The highest BCUT2D eigenvalue weighted by atomic mass is 15.2. The van der Waals surface area contributed by atoms with E-state index in [1.54, 1.807) is 13.3 Å². The van der Waals surface area contributed by atoms with E-state index in [1.165, 1.54) is 0 Å². The van der Waals surface area contributed by atoms with Crippen LogP contribution in [0, 0.1) is 0 Å². The first-order valence-corrected chi connectivity index (χ1v) is 4.29. The number of hydrogen-bond acceptors (Lipinski definition) is 2. The number of guanidine groups is 1. The maximum absolute atomic E-state index is 4.09. The molecule has 0 radical (unpaired) electrons. The zero-order chi connectivity index (χ0) is 8.81. The van der Waals surface area contributed by atoms with Crippen molar-refractivity contribution < 1.29 is 0 Å². The van der Waals surface area contributed by atoms with Gasteiger partial charge in [-0.15, -0.1) is 0 Å². The maximum atomic E-state index is 4.09. The van der Waals surface area contributed by atoms with Crippen molar-refractivity contribution in [2.24, 2.45) is 9.98 Å². The average Bonchev–Trinajstić information content (AvgIpc) is 2.56. The van der Waals surface area contributed by atoms with Crippen molar-refractivity contribution in [3.8, 4) is 0 Å². The minimum atomic E-state index is 0.493. The summed E-state index contributed by atoms with van der Waals surface area (Å²) in [6, 6.07) is 0.493. The van der Waals surface area contributed by atoms with Gasteiger partial charge < -0.3 is 10.6 Å². The van der Waals surface area contributed by atoms with Crippen LogP contribution in [0.25, 0.3) is 0 Å². The van der Waals surface area contributed by atoms with Crippen LogP contribution in [0.5, 0.6) is 0 Å². The molecule has 0 amide bonds. The SMILES string of the molecule is CC=NC(=NC)N[C@@H]1CCNC1. The van der Waals surface area contributed by atoms with Gasteiger partial charge in [-0.05, 0) is 19.9 Å². The van der Waals surface area contributed by atoms with E-state index in [0.717, 1.165) is 25.5 Å². The van der Waals surface area contributed by atoms with Gasteiger partial charge >= 0.3 is 0 Å². The second-order valence-corrected chi connectivity index (χ2v) is 2.77. The Morgan fingerprint density at radius 1 is 1.67 bits per heavy atom. The lowest BCUT2D eigenvalue weighted by Gasteiger charge is -2.10. The standard InChI is InChI=1S/C8H16N4/c1-3-11-8(9-2)12-7-4-5-10-6-7/h3,7,10H,4-6H2,1-2H3,(H,9,12)/t7-/m1/s1. The Kier molecular flexibility index (Phi) is 3.73. The van der Waals surface area contributed by atoms with Crippen molar-refractivity contribution in [2.45, 2.75) is 19.4 Å². The molecule has 1 aliphatic rings. The van der Waals surface area contributed by atoms with Crippen LogP contribution < -0.4 is 10.6 Å². The average molecular weight is 168 g/mol. The van der Waals surface area contributed by atoms with Gasteiger partial charge in [0.05, 0.1) is 0 Å². The number of rotatable bonds is 1. The lowest BCUT2D eigenvalue weighted by molar-refractivity contribution is 0.659. The van der Waals surface area contributed by atoms with E-state index in [-0.39, 0.29) is 0 Å². The molecular weight excluding hydrogens is 152 g/mol. The zero-order valence-electron chi connectivity index (χ0n) is 7.67. The molecule has 1 saturated heterocycles. The van der Waals surface area contributed by atoms with Crippen molar-refractivity contribution in [2.75, 3.05) is 20.1 Å². The predicted molar refractivity (Wildman–Crippen MR) is 51.9 cm³/mol. The normalized spacial score (nSPS) is 25.2. The van der Waals surface area contributed by atoms with Gasteiger partial charge in [0.15, 0.2) is 0 Å². The minimum absolute atomic E-state index is 0.493. The van der Waals surface area contributed by atoms with Crippen molar-refractivity contribution in [1.82, 2.24) is 10.6 Å². The molecule has 2 N–H and O–H groups in total. The molecule has 1 heterocycles. The summed E-state index contributed by atoms with van der Waals surface area (Å²) in [5.41, 5.74) is 0. The maximum Gasteiger partial charge on any atom is 0.217 e. The largest absolute Gasteiger partial charge is 0.350 e. The van der Waals surface area contributed by atoms with Gasteiger partial charge in [0, 0.05) is 25.8 Å². The van der Waals surface area contributed by atoms with Gasteiger partial charge in [-0.1, -0.05) is 0 Å². The monoisotopic (exact) mass is 168 g/mol. The van der Waals surface area contributed by atoms with Gasteiger partial charge in [0.2, 0.25) is 5.96 Å². The minimum Gasteiger partial charge on any atom is -0.350 e. The summed E-state index contributed by atoms with van der Waals surface area (Å²) in [6.45, 7) is 3.99. The molecule has 0 saturated carbocycles. The Morgan fingerprint density at radius 2 is 2.50 bits per heavy atom. The summed E-state index contributed by atoms with van der Waals surface area (Å²) in [5, 5.41) is 6.53. The van der Waals surface area contributed by atoms with Gasteiger partial charge in [0.25, 0.3) is 0 Å². The van der Waals surface area contributed by atoms with Crippen LogP contribution in [-0.2, 0) is 0 Å². The van der Waals surface area contributed by atoms with E-state index in [9.17, 15) is 0 Å². The Bertz CT molecular complexity index is 179. The Labute approximate surface area is 73.2 Å². The molecule has 12 heavy (non-hydrogen) atoms. The summed E-state index contributed by atoms with van der Waals surface area (Å²) in [7, 11) is 1.75. The zero-order valence-corrected chi connectivity index (χ0v) is 7.67. The molecule has 1 aliphatic heterocycles. The lowest BCUT2D eigenvalue weighted by Crippen LogP contribution is -2.35. The molecule has 1 atom stereocenters. The molecule has 4 nitrogen and oxygen atoms in total.